The molecule has 0 bridgehead atoms. The molecule has 0 saturated heterocycles. The first-order chi connectivity index (χ1) is 5.29. The number of hydrogen-bond acceptors (Lipinski definition) is 1. The van der Waals surface area contributed by atoms with Gasteiger partial charge in [0.15, 0.2) is 0 Å². The van der Waals surface area contributed by atoms with Crippen molar-refractivity contribution in [3.63, 3.8) is 0 Å². The van der Waals surface area contributed by atoms with E-state index in [-0.39, 0.29) is 0 Å². The number of aryl methyl sites for hydroxylation is 2. The fourth-order valence-electron chi connectivity index (χ4n) is 1.40. The molecule has 0 fully saturated rings. The van der Waals surface area contributed by atoms with Crippen molar-refractivity contribution in [3.05, 3.63) is 35.7 Å². The van der Waals surface area contributed by atoms with Gasteiger partial charge in [-0.1, -0.05) is 6.07 Å². The summed E-state index contributed by atoms with van der Waals surface area (Å²) in [4.78, 5) is 0. The minimum absolute atomic E-state index is 1.23. The highest BCUT2D eigenvalue weighted by Crippen LogP contribution is 2.12. The molecule has 0 amide bonds. The highest BCUT2D eigenvalue weighted by molar-refractivity contribution is 5.58. The lowest BCUT2D eigenvalue weighted by Gasteiger charge is -1.96. The smallest absolute Gasteiger partial charge is 0.0719 e. The number of rotatable bonds is 0. The van der Waals surface area contributed by atoms with Gasteiger partial charge in [-0.3, -0.25) is 0 Å². The van der Waals surface area contributed by atoms with Gasteiger partial charge in [0.1, 0.15) is 0 Å². The molecule has 2 rings (SSSR count). The lowest BCUT2D eigenvalue weighted by atomic mass is 10.2. The molecule has 0 atom stereocenters. The van der Waals surface area contributed by atoms with Gasteiger partial charge in [-0.2, -0.15) is 5.10 Å². The fourth-order valence-corrected chi connectivity index (χ4v) is 1.40. The molecule has 0 aliphatic carbocycles. The van der Waals surface area contributed by atoms with Crippen LogP contribution in [0.1, 0.15) is 11.1 Å². The van der Waals surface area contributed by atoms with Crippen molar-refractivity contribution in [2.45, 2.75) is 13.8 Å². The number of nitrogens with zero attached hydrogens (tertiary/aromatic N) is 2. The maximum absolute atomic E-state index is 4.20. The van der Waals surface area contributed by atoms with E-state index in [0.717, 1.165) is 0 Å². The van der Waals surface area contributed by atoms with Crippen molar-refractivity contribution < 1.29 is 0 Å². The van der Waals surface area contributed by atoms with Crippen LogP contribution in [0, 0.1) is 13.8 Å². The van der Waals surface area contributed by atoms with Crippen molar-refractivity contribution in [2.24, 2.45) is 0 Å². The molecule has 2 nitrogen and oxygen atoms in total. The minimum atomic E-state index is 1.23. The van der Waals surface area contributed by atoms with Crippen LogP contribution in [0.5, 0.6) is 0 Å². The van der Waals surface area contributed by atoms with Crippen LogP contribution in [0.4, 0.5) is 0 Å². The molecule has 11 heavy (non-hydrogen) atoms. The van der Waals surface area contributed by atoms with Crippen molar-refractivity contribution in [3.8, 4) is 0 Å². The Morgan fingerprint density at radius 3 is 2.82 bits per heavy atom. The van der Waals surface area contributed by atoms with Crippen LogP contribution in [-0.4, -0.2) is 9.61 Å². The largest absolute Gasteiger partial charge is 0.240 e. The maximum Gasteiger partial charge on any atom is 0.0719 e. The third-order valence-electron chi connectivity index (χ3n) is 1.93. The van der Waals surface area contributed by atoms with Gasteiger partial charge in [0, 0.05) is 6.20 Å². The van der Waals surface area contributed by atoms with E-state index in [1.807, 2.05) is 23.0 Å². The zero-order chi connectivity index (χ0) is 7.84. The molecule has 2 aromatic heterocycles. The summed E-state index contributed by atoms with van der Waals surface area (Å²) in [6.07, 6.45) is 3.86. The summed E-state index contributed by atoms with van der Waals surface area (Å²) in [5, 5.41) is 4.20. The predicted molar refractivity (Wildman–Crippen MR) is 44.7 cm³/mol. The molecule has 0 spiro atoms. The second kappa shape index (κ2) is 2.09. The van der Waals surface area contributed by atoms with Crippen molar-refractivity contribution in [1.29, 1.82) is 0 Å². The third kappa shape index (κ3) is 0.827. The molecule has 0 unspecified atom stereocenters. The number of aromatic nitrogens is 2. The molecule has 2 heterocycles. The van der Waals surface area contributed by atoms with Gasteiger partial charge in [0.05, 0.1) is 11.7 Å². The molecule has 0 saturated carbocycles. The summed E-state index contributed by atoms with van der Waals surface area (Å²) in [5.41, 5.74) is 3.75. The van der Waals surface area contributed by atoms with Gasteiger partial charge in [-0.25, -0.2) is 4.52 Å². The van der Waals surface area contributed by atoms with Crippen LogP contribution in [0.25, 0.3) is 5.52 Å². The Bertz CT molecular complexity index is 387. The molecule has 0 aliphatic heterocycles. The summed E-state index contributed by atoms with van der Waals surface area (Å²) in [5.74, 6) is 0. The normalized spacial score (nSPS) is 10.7. The van der Waals surface area contributed by atoms with Gasteiger partial charge < -0.3 is 0 Å². The van der Waals surface area contributed by atoms with E-state index in [2.05, 4.69) is 25.0 Å². The lowest BCUT2D eigenvalue weighted by Crippen LogP contribution is -1.87. The van der Waals surface area contributed by atoms with Crippen molar-refractivity contribution >= 4 is 5.52 Å². The summed E-state index contributed by atoms with van der Waals surface area (Å²) in [6.45, 7) is 4.18. The summed E-state index contributed by atoms with van der Waals surface area (Å²) < 4.78 is 1.91. The Hall–Kier alpha value is -1.31. The minimum Gasteiger partial charge on any atom is -0.240 e. The number of pyridine rings is 1. The molecular weight excluding hydrogens is 136 g/mol. The summed E-state index contributed by atoms with van der Waals surface area (Å²) in [6, 6.07) is 4.11. The van der Waals surface area contributed by atoms with E-state index in [1.165, 1.54) is 16.6 Å². The Labute approximate surface area is 65.5 Å². The van der Waals surface area contributed by atoms with Gasteiger partial charge >= 0.3 is 0 Å². The molecule has 0 aromatic carbocycles. The van der Waals surface area contributed by atoms with Crippen LogP contribution in [0.2, 0.25) is 0 Å². The first kappa shape index (κ1) is 6.40. The van der Waals surface area contributed by atoms with Crippen LogP contribution in [0.15, 0.2) is 24.5 Å². The molecule has 2 heteroatoms. The Morgan fingerprint density at radius 2 is 2.09 bits per heavy atom. The quantitative estimate of drug-likeness (QED) is 0.555. The van der Waals surface area contributed by atoms with E-state index in [4.69, 9.17) is 0 Å². The van der Waals surface area contributed by atoms with Crippen LogP contribution >= 0.6 is 0 Å². The Balaban J connectivity index is 2.96. The third-order valence-corrected chi connectivity index (χ3v) is 1.93. The number of hydrogen-bond donors (Lipinski definition) is 0. The predicted octanol–water partition coefficient (Wildman–Crippen LogP) is 1.95. The van der Waals surface area contributed by atoms with Crippen LogP contribution in [-0.2, 0) is 0 Å². The zero-order valence-corrected chi connectivity index (χ0v) is 6.70. The van der Waals surface area contributed by atoms with Crippen molar-refractivity contribution in [1.82, 2.24) is 9.61 Å². The van der Waals surface area contributed by atoms with Gasteiger partial charge in [-0.15, -0.1) is 0 Å². The first-order valence-corrected chi connectivity index (χ1v) is 3.68. The van der Waals surface area contributed by atoms with Crippen LogP contribution in [0.3, 0.4) is 0 Å². The van der Waals surface area contributed by atoms with Gasteiger partial charge in [0.2, 0.25) is 0 Å². The Morgan fingerprint density at radius 1 is 1.27 bits per heavy atom. The highest BCUT2D eigenvalue weighted by atomic mass is 15.2. The second-order valence-electron chi connectivity index (χ2n) is 2.81. The van der Waals surface area contributed by atoms with E-state index < -0.39 is 0 Å². The van der Waals surface area contributed by atoms with Crippen LogP contribution < -0.4 is 0 Å². The van der Waals surface area contributed by atoms with E-state index in [0.29, 0.717) is 0 Å². The van der Waals surface area contributed by atoms with E-state index in [1.54, 1.807) is 0 Å². The topological polar surface area (TPSA) is 17.3 Å². The molecule has 2 aromatic rings. The monoisotopic (exact) mass is 146 g/mol. The van der Waals surface area contributed by atoms with Crippen molar-refractivity contribution in [2.75, 3.05) is 0 Å². The standard InChI is InChI=1S/C9H10N2/c1-7-4-3-5-11-9(7)8(2)6-10-11/h3-6H,1-2H3. The Kier molecular flexibility index (Phi) is 1.22. The maximum atomic E-state index is 4.20. The molecule has 0 radical (unpaired) electrons. The summed E-state index contributed by atoms with van der Waals surface area (Å²) in [7, 11) is 0. The molecule has 0 N–H and O–H groups in total. The van der Waals surface area contributed by atoms with E-state index >= 15 is 0 Å². The van der Waals surface area contributed by atoms with Gasteiger partial charge in [0.25, 0.3) is 0 Å². The van der Waals surface area contributed by atoms with E-state index in [9.17, 15) is 0 Å². The molecule has 0 aliphatic rings. The lowest BCUT2D eigenvalue weighted by molar-refractivity contribution is 0.956. The molecule has 56 valence electrons. The highest BCUT2D eigenvalue weighted by Gasteiger charge is 1.99. The first-order valence-electron chi connectivity index (χ1n) is 3.68. The van der Waals surface area contributed by atoms with Gasteiger partial charge in [-0.05, 0) is 31.0 Å². The fraction of sp³-hybridized carbons (Fsp3) is 0.222. The average molecular weight is 146 g/mol. The average Bonchev–Trinajstić information content (AvgIpc) is 2.34. The summed E-state index contributed by atoms with van der Waals surface area (Å²) >= 11 is 0. The zero-order valence-electron chi connectivity index (χ0n) is 6.70. The number of fused-ring (bicyclic) bond motifs is 1. The second-order valence-corrected chi connectivity index (χ2v) is 2.81. The molecular formula is C9H10N2. The SMILES string of the molecule is Cc1cccn2ncc(C)c12.